The quantitative estimate of drug-likeness (QED) is 0.744. The molecule has 1 aromatic heterocycles. The first-order valence-corrected chi connectivity index (χ1v) is 7.04. The molecule has 0 aliphatic rings. The lowest BCUT2D eigenvalue weighted by molar-refractivity contribution is 0.222. The van der Waals surface area contributed by atoms with Crippen LogP contribution in [0.25, 0.3) is 0 Å². The number of nitrogen functional groups attached to an aromatic ring is 1. The highest BCUT2D eigenvalue weighted by Crippen LogP contribution is 2.10. The van der Waals surface area contributed by atoms with E-state index in [1.165, 1.54) is 0 Å². The van der Waals surface area contributed by atoms with Gasteiger partial charge in [-0.15, -0.1) is 0 Å². The van der Waals surface area contributed by atoms with E-state index in [0.717, 1.165) is 19.5 Å². The average Bonchev–Trinajstić information content (AvgIpc) is 2.36. The number of aromatic nitrogens is 3. The molecule has 114 valence electrons. The second kappa shape index (κ2) is 7.84. The summed E-state index contributed by atoms with van der Waals surface area (Å²) in [5.74, 6) is 0.610. The van der Waals surface area contributed by atoms with Gasteiger partial charge in [0.25, 0.3) is 0 Å². The van der Waals surface area contributed by atoms with E-state index in [9.17, 15) is 0 Å². The fraction of sp³-hybridized carbons (Fsp3) is 0.769. The van der Waals surface area contributed by atoms with Crippen LogP contribution in [-0.4, -0.2) is 52.1 Å². The first kappa shape index (κ1) is 16.4. The minimum Gasteiger partial charge on any atom is -0.461 e. The predicted octanol–water partition coefficient (Wildman–Crippen LogP) is 1.38. The molecule has 0 spiro atoms. The maximum Gasteiger partial charge on any atom is 0.323 e. The highest BCUT2D eigenvalue weighted by Gasteiger charge is 2.09. The molecule has 0 aliphatic heterocycles. The zero-order chi connectivity index (χ0) is 15.1. The Bertz CT molecular complexity index is 412. The summed E-state index contributed by atoms with van der Waals surface area (Å²) in [4.78, 5) is 14.5. The Morgan fingerprint density at radius 1 is 1.25 bits per heavy atom. The summed E-state index contributed by atoms with van der Waals surface area (Å²) in [6, 6.07) is 0.811. The van der Waals surface area contributed by atoms with E-state index in [1.807, 2.05) is 13.8 Å². The largest absolute Gasteiger partial charge is 0.461 e. The van der Waals surface area contributed by atoms with Crippen molar-refractivity contribution in [1.29, 1.82) is 0 Å². The third kappa shape index (κ3) is 5.56. The van der Waals surface area contributed by atoms with Crippen molar-refractivity contribution in [3.63, 3.8) is 0 Å². The Hall–Kier alpha value is -1.63. The molecule has 0 saturated heterocycles. The number of anilines is 2. The first-order chi connectivity index (χ1) is 9.42. The van der Waals surface area contributed by atoms with Gasteiger partial charge in [-0.05, 0) is 34.2 Å². The second-order valence-corrected chi connectivity index (χ2v) is 5.13. The van der Waals surface area contributed by atoms with Gasteiger partial charge in [0, 0.05) is 19.1 Å². The smallest absolute Gasteiger partial charge is 0.323 e. The van der Waals surface area contributed by atoms with Crippen molar-refractivity contribution in [2.75, 3.05) is 31.2 Å². The number of nitrogens with one attached hydrogen (secondary N) is 1. The molecule has 0 aromatic carbocycles. The van der Waals surface area contributed by atoms with Crippen molar-refractivity contribution in [2.24, 2.45) is 0 Å². The fourth-order valence-corrected chi connectivity index (χ4v) is 1.59. The van der Waals surface area contributed by atoms with Crippen molar-refractivity contribution in [3.05, 3.63) is 0 Å². The summed E-state index contributed by atoms with van der Waals surface area (Å²) in [5.41, 5.74) is 5.64. The Labute approximate surface area is 121 Å². The SMILES string of the molecule is CCC(C)N(C)CCNc1nc(N)nc(OC(C)C)n1. The molecule has 0 bridgehead atoms. The van der Waals surface area contributed by atoms with Gasteiger partial charge in [-0.25, -0.2) is 0 Å². The maximum absolute atomic E-state index is 5.64. The molecule has 1 unspecified atom stereocenters. The van der Waals surface area contributed by atoms with Gasteiger partial charge in [0.2, 0.25) is 11.9 Å². The molecular weight excluding hydrogens is 256 g/mol. The van der Waals surface area contributed by atoms with Crippen LogP contribution < -0.4 is 15.8 Å². The van der Waals surface area contributed by atoms with Gasteiger partial charge in [0.1, 0.15) is 0 Å². The van der Waals surface area contributed by atoms with Crippen LogP contribution in [0, 0.1) is 0 Å². The zero-order valence-electron chi connectivity index (χ0n) is 13.1. The normalized spacial score (nSPS) is 12.8. The zero-order valence-corrected chi connectivity index (χ0v) is 13.1. The highest BCUT2D eigenvalue weighted by molar-refractivity contribution is 5.32. The molecule has 1 heterocycles. The van der Waals surface area contributed by atoms with E-state index >= 15 is 0 Å². The summed E-state index contributed by atoms with van der Waals surface area (Å²) in [6.07, 6.45) is 1.13. The molecule has 1 aromatic rings. The summed E-state index contributed by atoms with van der Waals surface area (Å²) in [7, 11) is 2.10. The van der Waals surface area contributed by atoms with E-state index in [0.29, 0.717) is 12.0 Å². The molecule has 7 heteroatoms. The summed E-state index contributed by atoms with van der Waals surface area (Å²) < 4.78 is 5.43. The maximum atomic E-state index is 5.64. The van der Waals surface area contributed by atoms with Crippen LogP contribution >= 0.6 is 0 Å². The van der Waals surface area contributed by atoms with E-state index in [-0.39, 0.29) is 18.1 Å². The van der Waals surface area contributed by atoms with Crippen LogP contribution in [-0.2, 0) is 0 Å². The predicted molar refractivity (Wildman–Crippen MR) is 80.9 cm³/mol. The molecule has 1 atom stereocenters. The Morgan fingerprint density at radius 3 is 2.55 bits per heavy atom. The van der Waals surface area contributed by atoms with Crippen LogP contribution in [0.5, 0.6) is 6.01 Å². The molecule has 1 rings (SSSR count). The molecule has 0 saturated carbocycles. The monoisotopic (exact) mass is 282 g/mol. The lowest BCUT2D eigenvalue weighted by Gasteiger charge is -2.23. The van der Waals surface area contributed by atoms with E-state index in [1.54, 1.807) is 0 Å². The van der Waals surface area contributed by atoms with Crippen molar-refractivity contribution in [3.8, 4) is 6.01 Å². The summed E-state index contributed by atoms with van der Waals surface area (Å²) in [5, 5.41) is 3.15. The molecule has 0 aliphatic carbocycles. The number of ether oxygens (including phenoxy) is 1. The van der Waals surface area contributed by atoms with Crippen molar-refractivity contribution >= 4 is 11.9 Å². The molecule has 3 N–H and O–H groups in total. The standard InChI is InChI=1S/C13H26N6O/c1-6-10(4)19(5)8-7-15-12-16-11(14)17-13(18-12)20-9(2)3/h9-10H,6-8H2,1-5H3,(H3,14,15,16,17,18). The van der Waals surface area contributed by atoms with E-state index in [2.05, 4.69) is 46.1 Å². The third-order valence-corrected chi connectivity index (χ3v) is 3.06. The summed E-state index contributed by atoms with van der Waals surface area (Å²) in [6.45, 7) is 9.85. The molecule has 0 radical (unpaired) electrons. The van der Waals surface area contributed by atoms with Crippen LogP contribution in [0.15, 0.2) is 0 Å². The van der Waals surface area contributed by atoms with Crippen LogP contribution in [0.3, 0.4) is 0 Å². The minimum absolute atomic E-state index is 0.00110. The number of rotatable bonds is 8. The minimum atomic E-state index is 0.00110. The third-order valence-electron chi connectivity index (χ3n) is 3.06. The number of nitrogens with two attached hydrogens (primary N) is 1. The Balaban J connectivity index is 2.53. The van der Waals surface area contributed by atoms with Crippen LogP contribution in [0.2, 0.25) is 0 Å². The number of hydrogen-bond donors (Lipinski definition) is 2. The highest BCUT2D eigenvalue weighted by atomic mass is 16.5. The van der Waals surface area contributed by atoms with Gasteiger partial charge in [-0.2, -0.15) is 15.0 Å². The molecule has 0 amide bonds. The van der Waals surface area contributed by atoms with Gasteiger partial charge < -0.3 is 20.7 Å². The lowest BCUT2D eigenvalue weighted by Crippen LogP contribution is -2.33. The van der Waals surface area contributed by atoms with Gasteiger partial charge >= 0.3 is 6.01 Å². The van der Waals surface area contributed by atoms with Gasteiger partial charge in [0.05, 0.1) is 6.10 Å². The topological polar surface area (TPSA) is 89.2 Å². The van der Waals surface area contributed by atoms with E-state index in [4.69, 9.17) is 10.5 Å². The number of nitrogens with zero attached hydrogens (tertiary/aromatic N) is 4. The van der Waals surface area contributed by atoms with Crippen LogP contribution in [0.4, 0.5) is 11.9 Å². The van der Waals surface area contributed by atoms with Crippen molar-refractivity contribution in [2.45, 2.75) is 46.3 Å². The lowest BCUT2D eigenvalue weighted by atomic mass is 10.2. The van der Waals surface area contributed by atoms with Crippen LogP contribution in [0.1, 0.15) is 34.1 Å². The Morgan fingerprint density at radius 2 is 1.95 bits per heavy atom. The second-order valence-electron chi connectivity index (χ2n) is 5.13. The van der Waals surface area contributed by atoms with Crippen molar-refractivity contribution < 1.29 is 4.74 Å². The van der Waals surface area contributed by atoms with Gasteiger partial charge in [-0.1, -0.05) is 6.92 Å². The first-order valence-electron chi connectivity index (χ1n) is 7.04. The van der Waals surface area contributed by atoms with Gasteiger partial charge in [0.15, 0.2) is 0 Å². The molecule has 7 nitrogen and oxygen atoms in total. The average molecular weight is 282 g/mol. The fourth-order valence-electron chi connectivity index (χ4n) is 1.59. The number of hydrogen-bond acceptors (Lipinski definition) is 7. The number of likely N-dealkylation sites (N-methyl/N-ethyl adjacent to an activating group) is 1. The van der Waals surface area contributed by atoms with Crippen molar-refractivity contribution in [1.82, 2.24) is 19.9 Å². The van der Waals surface area contributed by atoms with E-state index < -0.39 is 0 Å². The Kier molecular flexibility index (Phi) is 6.44. The molecular formula is C13H26N6O. The van der Waals surface area contributed by atoms with Gasteiger partial charge in [-0.3, -0.25) is 0 Å². The molecule has 20 heavy (non-hydrogen) atoms. The molecule has 0 fully saturated rings. The summed E-state index contributed by atoms with van der Waals surface area (Å²) >= 11 is 0.